The molecule has 0 amide bonds. The quantitative estimate of drug-likeness (QED) is 0.908. The number of rotatable bonds is 5. The highest BCUT2D eigenvalue weighted by Gasteiger charge is 2.13. The van der Waals surface area contributed by atoms with Gasteiger partial charge >= 0.3 is 0 Å². The highest BCUT2D eigenvalue weighted by molar-refractivity contribution is 5.49. The lowest BCUT2D eigenvalue weighted by Crippen LogP contribution is -2.21. The third-order valence-electron chi connectivity index (χ3n) is 3.27. The van der Waals surface area contributed by atoms with Crippen LogP contribution in [0.4, 0.5) is 5.82 Å². The molecule has 2 aromatic rings. The zero-order valence-corrected chi connectivity index (χ0v) is 12.2. The van der Waals surface area contributed by atoms with Gasteiger partial charge in [-0.15, -0.1) is 0 Å². The van der Waals surface area contributed by atoms with Crippen molar-refractivity contribution >= 4 is 5.82 Å². The number of hydrogen-bond donors (Lipinski definition) is 1. The molecular weight excluding hydrogens is 250 g/mol. The van der Waals surface area contributed by atoms with Gasteiger partial charge in [-0.1, -0.05) is 24.3 Å². The lowest BCUT2D eigenvalue weighted by atomic mass is 10.1. The normalized spacial score (nSPS) is 12.0. The van der Waals surface area contributed by atoms with Crippen LogP contribution in [0, 0.1) is 0 Å². The Kier molecular flexibility index (Phi) is 4.58. The van der Waals surface area contributed by atoms with Crippen LogP contribution in [0.5, 0.6) is 5.75 Å². The minimum atomic E-state index is -0.0428. The molecular formula is C16H21N3O. The zero-order valence-electron chi connectivity index (χ0n) is 12.2. The van der Waals surface area contributed by atoms with E-state index in [1.807, 2.05) is 44.3 Å². The van der Waals surface area contributed by atoms with Gasteiger partial charge in [0.15, 0.2) is 0 Å². The molecule has 0 aliphatic carbocycles. The Morgan fingerprint density at radius 2 is 2.00 bits per heavy atom. The van der Waals surface area contributed by atoms with Crippen LogP contribution in [0.25, 0.3) is 0 Å². The first-order chi connectivity index (χ1) is 9.63. The van der Waals surface area contributed by atoms with Gasteiger partial charge in [-0.25, -0.2) is 4.98 Å². The lowest BCUT2D eigenvalue weighted by molar-refractivity contribution is 0.409. The molecule has 0 aliphatic heterocycles. The van der Waals surface area contributed by atoms with Crippen molar-refractivity contribution in [2.75, 3.05) is 19.1 Å². The predicted molar refractivity (Wildman–Crippen MR) is 81.9 cm³/mol. The minimum Gasteiger partial charge on any atom is -0.496 e. The maximum absolute atomic E-state index is 6.01. The van der Waals surface area contributed by atoms with Crippen LogP contribution in [-0.4, -0.2) is 19.1 Å². The largest absolute Gasteiger partial charge is 0.496 e. The SMILES string of the molecule is COc1ccccc1CN(C)c1ncccc1[C@H](C)N. The van der Waals surface area contributed by atoms with Crippen molar-refractivity contribution in [3.05, 3.63) is 53.7 Å². The maximum atomic E-state index is 6.01. The second-order valence-corrected chi connectivity index (χ2v) is 4.87. The van der Waals surface area contributed by atoms with Gasteiger partial charge in [0.1, 0.15) is 11.6 Å². The summed E-state index contributed by atoms with van der Waals surface area (Å²) < 4.78 is 5.39. The molecule has 0 unspecified atom stereocenters. The van der Waals surface area contributed by atoms with Crippen molar-refractivity contribution in [1.29, 1.82) is 0 Å². The van der Waals surface area contributed by atoms with Crippen molar-refractivity contribution in [2.45, 2.75) is 19.5 Å². The Balaban J connectivity index is 2.26. The smallest absolute Gasteiger partial charge is 0.133 e. The summed E-state index contributed by atoms with van der Waals surface area (Å²) in [6.07, 6.45) is 1.79. The Labute approximate surface area is 120 Å². The Bertz CT molecular complexity index is 569. The molecule has 0 saturated heterocycles. The Hall–Kier alpha value is -2.07. The lowest BCUT2D eigenvalue weighted by Gasteiger charge is -2.23. The summed E-state index contributed by atoms with van der Waals surface area (Å²) in [4.78, 5) is 6.55. The third-order valence-corrected chi connectivity index (χ3v) is 3.27. The number of nitrogens with two attached hydrogens (primary N) is 1. The fourth-order valence-electron chi connectivity index (χ4n) is 2.25. The first kappa shape index (κ1) is 14.3. The zero-order chi connectivity index (χ0) is 14.5. The van der Waals surface area contributed by atoms with Crippen LogP contribution >= 0.6 is 0 Å². The number of ether oxygens (including phenoxy) is 1. The van der Waals surface area contributed by atoms with Crippen LogP contribution in [0.1, 0.15) is 24.1 Å². The van der Waals surface area contributed by atoms with E-state index in [-0.39, 0.29) is 6.04 Å². The van der Waals surface area contributed by atoms with Gasteiger partial charge in [-0.05, 0) is 19.1 Å². The van der Waals surface area contributed by atoms with E-state index >= 15 is 0 Å². The van der Waals surface area contributed by atoms with E-state index in [1.54, 1.807) is 13.3 Å². The summed E-state index contributed by atoms with van der Waals surface area (Å²) in [5, 5.41) is 0. The number of pyridine rings is 1. The molecule has 2 N–H and O–H groups in total. The van der Waals surface area contributed by atoms with Crippen molar-refractivity contribution in [3.8, 4) is 5.75 Å². The molecule has 0 saturated carbocycles. The first-order valence-corrected chi connectivity index (χ1v) is 6.67. The van der Waals surface area contributed by atoms with E-state index in [1.165, 1.54) is 0 Å². The molecule has 1 heterocycles. The van der Waals surface area contributed by atoms with Gasteiger partial charge < -0.3 is 15.4 Å². The molecule has 4 heteroatoms. The molecule has 0 radical (unpaired) electrons. The van der Waals surface area contributed by atoms with Crippen molar-refractivity contribution in [3.63, 3.8) is 0 Å². The van der Waals surface area contributed by atoms with E-state index in [0.717, 1.165) is 29.2 Å². The number of para-hydroxylation sites is 1. The van der Waals surface area contributed by atoms with Gasteiger partial charge in [-0.2, -0.15) is 0 Å². The third kappa shape index (κ3) is 3.08. The van der Waals surface area contributed by atoms with Gasteiger partial charge in [0, 0.05) is 37.0 Å². The summed E-state index contributed by atoms with van der Waals surface area (Å²) in [7, 11) is 3.70. The Morgan fingerprint density at radius 3 is 2.70 bits per heavy atom. The second kappa shape index (κ2) is 6.39. The number of hydrogen-bond acceptors (Lipinski definition) is 4. The molecule has 2 rings (SSSR count). The van der Waals surface area contributed by atoms with E-state index in [2.05, 4.69) is 16.0 Å². The highest BCUT2D eigenvalue weighted by atomic mass is 16.5. The molecule has 1 aromatic carbocycles. The molecule has 20 heavy (non-hydrogen) atoms. The standard InChI is InChI=1S/C16H21N3O/c1-12(17)14-8-6-10-18-16(14)19(2)11-13-7-4-5-9-15(13)20-3/h4-10,12H,11,17H2,1-3H3/t12-/m0/s1. The number of benzene rings is 1. The minimum absolute atomic E-state index is 0.0428. The molecule has 106 valence electrons. The maximum Gasteiger partial charge on any atom is 0.133 e. The van der Waals surface area contributed by atoms with Crippen molar-refractivity contribution in [2.24, 2.45) is 5.73 Å². The van der Waals surface area contributed by atoms with E-state index in [4.69, 9.17) is 10.5 Å². The van der Waals surface area contributed by atoms with Crippen LogP contribution in [0.15, 0.2) is 42.6 Å². The van der Waals surface area contributed by atoms with E-state index in [0.29, 0.717) is 0 Å². The average molecular weight is 271 g/mol. The summed E-state index contributed by atoms with van der Waals surface area (Å²) in [5.41, 5.74) is 8.18. The van der Waals surface area contributed by atoms with Gasteiger partial charge in [0.2, 0.25) is 0 Å². The number of methoxy groups -OCH3 is 1. The van der Waals surface area contributed by atoms with Gasteiger partial charge in [0.05, 0.1) is 7.11 Å². The molecule has 0 fully saturated rings. The fourth-order valence-corrected chi connectivity index (χ4v) is 2.25. The second-order valence-electron chi connectivity index (χ2n) is 4.87. The summed E-state index contributed by atoms with van der Waals surface area (Å²) in [5.74, 6) is 1.80. The van der Waals surface area contributed by atoms with E-state index in [9.17, 15) is 0 Å². The predicted octanol–water partition coefficient (Wildman–Crippen LogP) is 2.75. The van der Waals surface area contributed by atoms with Gasteiger partial charge in [-0.3, -0.25) is 0 Å². The monoisotopic (exact) mass is 271 g/mol. The topological polar surface area (TPSA) is 51.4 Å². The molecule has 0 bridgehead atoms. The van der Waals surface area contributed by atoms with Gasteiger partial charge in [0.25, 0.3) is 0 Å². The number of anilines is 1. The fraction of sp³-hybridized carbons (Fsp3) is 0.312. The van der Waals surface area contributed by atoms with E-state index < -0.39 is 0 Å². The number of nitrogens with zero attached hydrogens (tertiary/aromatic N) is 2. The summed E-state index contributed by atoms with van der Waals surface area (Å²) in [6, 6.07) is 11.9. The van der Waals surface area contributed by atoms with Crippen LogP contribution in [0.2, 0.25) is 0 Å². The number of aromatic nitrogens is 1. The summed E-state index contributed by atoms with van der Waals surface area (Å²) in [6.45, 7) is 2.69. The average Bonchev–Trinajstić information content (AvgIpc) is 2.47. The summed E-state index contributed by atoms with van der Waals surface area (Å²) >= 11 is 0. The Morgan fingerprint density at radius 1 is 1.25 bits per heavy atom. The highest BCUT2D eigenvalue weighted by Crippen LogP contribution is 2.25. The van der Waals surface area contributed by atoms with Crippen LogP contribution in [-0.2, 0) is 6.54 Å². The van der Waals surface area contributed by atoms with Crippen molar-refractivity contribution in [1.82, 2.24) is 4.98 Å². The van der Waals surface area contributed by atoms with Crippen molar-refractivity contribution < 1.29 is 4.74 Å². The molecule has 1 atom stereocenters. The van der Waals surface area contributed by atoms with Crippen LogP contribution < -0.4 is 15.4 Å². The first-order valence-electron chi connectivity index (χ1n) is 6.67. The molecule has 1 aromatic heterocycles. The molecule has 0 spiro atoms. The molecule has 4 nitrogen and oxygen atoms in total. The molecule has 0 aliphatic rings. The van der Waals surface area contributed by atoms with Crippen LogP contribution in [0.3, 0.4) is 0 Å².